The van der Waals surface area contributed by atoms with Crippen LogP contribution in [-0.2, 0) is 10.0 Å². The van der Waals surface area contributed by atoms with E-state index in [4.69, 9.17) is 0 Å². The molecule has 6 nitrogen and oxygen atoms in total. The minimum absolute atomic E-state index is 0.146. The Morgan fingerprint density at radius 1 is 1.29 bits per heavy atom. The molecule has 0 aliphatic carbocycles. The molecule has 1 saturated heterocycles. The monoisotopic (exact) mass is 311 g/mol. The van der Waals surface area contributed by atoms with Crippen molar-refractivity contribution in [1.82, 2.24) is 10.2 Å². The van der Waals surface area contributed by atoms with Crippen LogP contribution in [0.2, 0.25) is 0 Å². The Hall–Kier alpha value is -1.60. The van der Waals surface area contributed by atoms with Crippen LogP contribution in [0, 0.1) is 0 Å². The van der Waals surface area contributed by atoms with E-state index < -0.39 is 10.0 Å². The number of sulfonamides is 1. The molecule has 0 atom stereocenters. The standard InChI is InChI=1S/C14H21N3O3S/c1-16(2)10-8-15-14(18)12-4-6-13(7-5-12)17-9-3-11-21(17,19)20/h4-7H,3,8-11H2,1-2H3,(H,15,18). The number of carbonyl (C=O) groups excluding carboxylic acids is 1. The van der Waals surface area contributed by atoms with Gasteiger partial charge in [-0.15, -0.1) is 0 Å². The van der Waals surface area contributed by atoms with Crippen molar-refractivity contribution in [2.45, 2.75) is 6.42 Å². The molecule has 1 aliphatic heterocycles. The third-order valence-corrected chi connectivity index (χ3v) is 5.23. The number of nitrogens with zero attached hydrogens (tertiary/aromatic N) is 2. The Kier molecular flexibility index (Phi) is 4.84. The van der Waals surface area contributed by atoms with Crippen molar-refractivity contribution in [3.63, 3.8) is 0 Å². The molecule has 1 heterocycles. The van der Waals surface area contributed by atoms with Crippen molar-refractivity contribution < 1.29 is 13.2 Å². The summed E-state index contributed by atoms with van der Waals surface area (Å²) in [5, 5.41) is 2.82. The highest BCUT2D eigenvalue weighted by Gasteiger charge is 2.28. The molecule has 1 aromatic carbocycles. The first-order valence-corrected chi connectivity index (χ1v) is 8.54. The third-order valence-electron chi connectivity index (χ3n) is 3.36. The summed E-state index contributed by atoms with van der Waals surface area (Å²) in [5.74, 6) is 0.0486. The zero-order valence-electron chi connectivity index (χ0n) is 12.4. The van der Waals surface area contributed by atoms with Gasteiger partial charge in [0.15, 0.2) is 0 Å². The van der Waals surface area contributed by atoms with Crippen LogP contribution in [0.5, 0.6) is 0 Å². The molecule has 116 valence electrons. The van der Waals surface area contributed by atoms with Crippen LogP contribution in [-0.4, -0.2) is 58.7 Å². The van der Waals surface area contributed by atoms with E-state index in [1.807, 2.05) is 19.0 Å². The molecule has 1 amide bonds. The smallest absolute Gasteiger partial charge is 0.251 e. The summed E-state index contributed by atoms with van der Waals surface area (Å²) in [6.45, 7) is 1.86. The molecule has 0 saturated carbocycles. The predicted molar refractivity (Wildman–Crippen MR) is 83.1 cm³/mol. The molecule has 0 radical (unpaired) electrons. The molecule has 0 spiro atoms. The first-order valence-electron chi connectivity index (χ1n) is 6.93. The summed E-state index contributed by atoms with van der Waals surface area (Å²) in [6, 6.07) is 6.69. The predicted octanol–water partition coefficient (Wildman–Crippen LogP) is 0.518. The van der Waals surface area contributed by atoms with E-state index in [0.29, 0.717) is 30.8 Å². The van der Waals surface area contributed by atoms with Crippen LogP contribution in [0.3, 0.4) is 0 Å². The molecule has 0 aromatic heterocycles. The molecular formula is C14H21N3O3S. The zero-order chi connectivity index (χ0) is 15.5. The Labute approximate surface area is 125 Å². The summed E-state index contributed by atoms with van der Waals surface area (Å²) in [6.07, 6.45) is 0.648. The average molecular weight is 311 g/mol. The van der Waals surface area contributed by atoms with Crippen molar-refractivity contribution in [1.29, 1.82) is 0 Å². The van der Waals surface area contributed by atoms with Crippen LogP contribution < -0.4 is 9.62 Å². The lowest BCUT2D eigenvalue weighted by Crippen LogP contribution is -2.31. The van der Waals surface area contributed by atoms with E-state index in [2.05, 4.69) is 5.32 Å². The van der Waals surface area contributed by atoms with Crippen LogP contribution in [0.25, 0.3) is 0 Å². The number of likely N-dealkylation sites (N-methyl/N-ethyl adjacent to an activating group) is 1. The van der Waals surface area contributed by atoms with Crippen molar-refractivity contribution in [2.24, 2.45) is 0 Å². The number of amides is 1. The molecule has 1 aliphatic rings. The van der Waals surface area contributed by atoms with Gasteiger partial charge in [0.1, 0.15) is 0 Å². The van der Waals surface area contributed by atoms with Gasteiger partial charge in [0.2, 0.25) is 10.0 Å². The van der Waals surface area contributed by atoms with Gasteiger partial charge in [-0.05, 0) is 44.8 Å². The first kappa shape index (κ1) is 15.8. The first-order chi connectivity index (χ1) is 9.90. The van der Waals surface area contributed by atoms with E-state index in [0.717, 1.165) is 6.54 Å². The van der Waals surface area contributed by atoms with E-state index in [-0.39, 0.29) is 11.7 Å². The second-order valence-electron chi connectivity index (χ2n) is 5.35. The fourth-order valence-corrected chi connectivity index (χ4v) is 3.77. The van der Waals surface area contributed by atoms with Gasteiger partial charge in [-0.3, -0.25) is 9.10 Å². The largest absolute Gasteiger partial charge is 0.351 e. The van der Waals surface area contributed by atoms with Crippen molar-refractivity contribution >= 4 is 21.6 Å². The number of rotatable bonds is 5. The quantitative estimate of drug-likeness (QED) is 0.860. The van der Waals surface area contributed by atoms with Crippen LogP contribution >= 0.6 is 0 Å². The molecule has 7 heteroatoms. The fraction of sp³-hybridized carbons (Fsp3) is 0.500. The highest BCUT2D eigenvalue weighted by molar-refractivity contribution is 7.93. The van der Waals surface area contributed by atoms with Gasteiger partial charge in [0, 0.05) is 25.2 Å². The maximum Gasteiger partial charge on any atom is 0.251 e. The lowest BCUT2D eigenvalue weighted by molar-refractivity contribution is 0.0951. The summed E-state index contributed by atoms with van der Waals surface area (Å²) >= 11 is 0. The topological polar surface area (TPSA) is 69.7 Å². The molecule has 0 bridgehead atoms. The van der Waals surface area contributed by atoms with Crippen LogP contribution in [0.1, 0.15) is 16.8 Å². The van der Waals surface area contributed by atoms with Gasteiger partial charge < -0.3 is 10.2 Å². The molecule has 1 fully saturated rings. The number of carbonyl (C=O) groups is 1. The summed E-state index contributed by atoms with van der Waals surface area (Å²) in [4.78, 5) is 13.9. The van der Waals surface area contributed by atoms with Crippen LogP contribution in [0.15, 0.2) is 24.3 Å². The maximum atomic E-state index is 11.9. The molecule has 21 heavy (non-hydrogen) atoms. The summed E-state index contributed by atoms with van der Waals surface area (Å²) in [7, 11) is 0.714. The van der Waals surface area contributed by atoms with E-state index >= 15 is 0 Å². The van der Waals surface area contributed by atoms with Gasteiger partial charge >= 0.3 is 0 Å². The van der Waals surface area contributed by atoms with E-state index in [1.54, 1.807) is 24.3 Å². The number of nitrogens with one attached hydrogen (secondary N) is 1. The Bertz CT molecular complexity index is 596. The number of anilines is 1. The number of benzene rings is 1. The Morgan fingerprint density at radius 2 is 1.95 bits per heavy atom. The van der Waals surface area contributed by atoms with Crippen molar-refractivity contribution in [3.8, 4) is 0 Å². The van der Waals surface area contributed by atoms with E-state index in [1.165, 1.54) is 4.31 Å². The van der Waals surface area contributed by atoms with Gasteiger partial charge in [-0.2, -0.15) is 0 Å². The van der Waals surface area contributed by atoms with Crippen molar-refractivity contribution in [3.05, 3.63) is 29.8 Å². The molecule has 1 aromatic rings. The lowest BCUT2D eigenvalue weighted by Gasteiger charge is -2.17. The molecule has 2 rings (SSSR count). The molecule has 1 N–H and O–H groups in total. The van der Waals surface area contributed by atoms with Gasteiger partial charge in [-0.25, -0.2) is 8.42 Å². The Balaban J connectivity index is 2.00. The second kappa shape index (κ2) is 6.44. The summed E-state index contributed by atoms with van der Waals surface area (Å²) < 4.78 is 25.1. The minimum Gasteiger partial charge on any atom is -0.351 e. The van der Waals surface area contributed by atoms with Crippen LogP contribution in [0.4, 0.5) is 5.69 Å². The highest BCUT2D eigenvalue weighted by atomic mass is 32.2. The third kappa shape index (κ3) is 3.95. The lowest BCUT2D eigenvalue weighted by atomic mass is 10.2. The normalized spacial score (nSPS) is 17.2. The Morgan fingerprint density at radius 3 is 2.48 bits per heavy atom. The number of hydrogen-bond acceptors (Lipinski definition) is 4. The molecular weight excluding hydrogens is 290 g/mol. The zero-order valence-corrected chi connectivity index (χ0v) is 13.2. The minimum atomic E-state index is -3.17. The highest BCUT2D eigenvalue weighted by Crippen LogP contribution is 2.24. The van der Waals surface area contributed by atoms with Gasteiger partial charge in [0.25, 0.3) is 5.91 Å². The van der Waals surface area contributed by atoms with Gasteiger partial charge in [0.05, 0.1) is 11.4 Å². The second-order valence-corrected chi connectivity index (χ2v) is 7.36. The van der Waals surface area contributed by atoms with E-state index in [9.17, 15) is 13.2 Å². The average Bonchev–Trinajstić information content (AvgIpc) is 2.78. The number of hydrogen-bond donors (Lipinski definition) is 1. The van der Waals surface area contributed by atoms with Crippen molar-refractivity contribution in [2.75, 3.05) is 43.8 Å². The summed E-state index contributed by atoms with van der Waals surface area (Å²) in [5.41, 5.74) is 1.16. The maximum absolute atomic E-state index is 11.9. The van der Waals surface area contributed by atoms with Gasteiger partial charge in [-0.1, -0.05) is 0 Å². The fourth-order valence-electron chi connectivity index (χ4n) is 2.20. The SMILES string of the molecule is CN(C)CCNC(=O)c1ccc(N2CCCS2(=O)=O)cc1. The molecule has 0 unspecified atom stereocenters.